The molecule has 0 bridgehead atoms. The van der Waals surface area contributed by atoms with Crippen LogP contribution < -0.4 is 0 Å². The molecule has 0 aromatic carbocycles. The highest BCUT2D eigenvalue weighted by atomic mass is 32.1. The Labute approximate surface area is 86.1 Å². The Balaban J connectivity index is 2.50. The molecule has 76 valence electrons. The number of likely N-dealkylation sites (tertiary alicyclic amines) is 1. The molecular weight excluding hydrogens is 182 g/mol. The van der Waals surface area contributed by atoms with Crippen molar-refractivity contribution in [2.75, 3.05) is 18.8 Å². The van der Waals surface area contributed by atoms with E-state index >= 15 is 0 Å². The zero-order chi connectivity index (χ0) is 10.1. The van der Waals surface area contributed by atoms with E-state index in [0.29, 0.717) is 17.1 Å². The van der Waals surface area contributed by atoms with E-state index in [1.807, 2.05) is 4.90 Å². The summed E-state index contributed by atoms with van der Waals surface area (Å²) >= 11 is 4.00. The predicted molar refractivity (Wildman–Crippen MR) is 58.0 cm³/mol. The topological polar surface area (TPSA) is 20.3 Å². The van der Waals surface area contributed by atoms with Crippen LogP contribution in [-0.4, -0.2) is 29.6 Å². The van der Waals surface area contributed by atoms with Gasteiger partial charge >= 0.3 is 0 Å². The molecule has 0 N–H and O–H groups in total. The summed E-state index contributed by atoms with van der Waals surface area (Å²) in [5.41, 5.74) is 0.325. The maximum absolute atomic E-state index is 11.3. The third kappa shape index (κ3) is 2.63. The normalized spacial score (nSPS) is 23.7. The number of nitrogens with zero attached hydrogens (tertiary/aromatic N) is 1. The van der Waals surface area contributed by atoms with Crippen molar-refractivity contribution < 1.29 is 4.79 Å². The van der Waals surface area contributed by atoms with Gasteiger partial charge in [0, 0.05) is 13.1 Å². The summed E-state index contributed by atoms with van der Waals surface area (Å²) in [5.74, 6) is 1.17. The molecule has 1 saturated heterocycles. The van der Waals surface area contributed by atoms with Gasteiger partial charge < -0.3 is 4.90 Å². The number of hydrogen-bond donors (Lipinski definition) is 1. The Morgan fingerprint density at radius 3 is 2.54 bits per heavy atom. The van der Waals surface area contributed by atoms with Gasteiger partial charge in [-0.05, 0) is 17.8 Å². The first-order valence-electron chi connectivity index (χ1n) is 4.84. The lowest BCUT2D eigenvalue weighted by Gasteiger charge is -2.26. The van der Waals surface area contributed by atoms with Crippen LogP contribution in [0.2, 0.25) is 0 Å². The fourth-order valence-corrected chi connectivity index (χ4v) is 1.99. The third-order valence-electron chi connectivity index (χ3n) is 2.90. The second kappa shape index (κ2) is 3.91. The molecule has 1 heterocycles. The molecule has 0 radical (unpaired) electrons. The highest BCUT2D eigenvalue weighted by molar-refractivity contribution is 7.81. The molecule has 1 aliphatic heterocycles. The summed E-state index contributed by atoms with van der Waals surface area (Å²) in [4.78, 5) is 13.3. The standard InChI is InChI=1S/C10H19NOS/c1-10(2,3)8-4-5-11(6-8)9(12)7-13/h8,13H,4-7H2,1-3H3. The lowest BCUT2D eigenvalue weighted by Crippen LogP contribution is -2.31. The summed E-state index contributed by atoms with van der Waals surface area (Å²) in [6, 6.07) is 0. The average molecular weight is 201 g/mol. The fourth-order valence-electron chi connectivity index (χ4n) is 1.79. The van der Waals surface area contributed by atoms with E-state index in [1.165, 1.54) is 0 Å². The average Bonchev–Trinajstić information content (AvgIpc) is 2.50. The van der Waals surface area contributed by atoms with Gasteiger partial charge in [-0.15, -0.1) is 0 Å². The number of amides is 1. The van der Waals surface area contributed by atoms with Gasteiger partial charge in [-0.1, -0.05) is 20.8 Å². The maximum Gasteiger partial charge on any atom is 0.232 e. The number of carbonyl (C=O) groups excluding carboxylic acids is 1. The van der Waals surface area contributed by atoms with Crippen LogP contribution >= 0.6 is 12.6 Å². The zero-order valence-corrected chi connectivity index (χ0v) is 9.60. The van der Waals surface area contributed by atoms with Crippen LogP contribution in [-0.2, 0) is 4.79 Å². The highest BCUT2D eigenvalue weighted by Gasteiger charge is 2.33. The zero-order valence-electron chi connectivity index (χ0n) is 8.71. The molecule has 0 aromatic rings. The number of carbonyl (C=O) groups is 1. The minimum Gasteiger partial charge on any atom is -0.342 e. The van der Waals surface area contributed by atoms with E-state index in [-0.39, 0.29) is 5.91 Å². The Kier molecular flexibility index (Phi) is 3.28. The SMILES string of the molecule is CC(C)(C)C1CCN(C(=O)CS)C1. The molecule has 1 aliphatic rings. The first kappa shape index (κ1) is 10.9. The van der Waals surface area contributed by atoms with Crippen molar-refractivity contribution in [2.24, 2.45) is 11.3 Å². The van der Waals surface area contributed by atoms with Crippen molar-refractivity contribution in [1.82, 2.24) is 4.90 Å². The van der Waals surface area contributed by atoms with Crippen molar-refractivity contribution in [3.8, 4) is 0 Å². The monoisotopic (exact) mass is 201 g/mol. The Morgan fingerprint density at radius 2 is 2.15 bits per heavy atom. The van der Waals surface area contributed by atoms with Crippen LogP contribution in [0.3, 0.4) is 0 Å². The van der Waals surface area contributed by atoms with Crippen molar-refractivity contribution in [3.63, 3.8) is 0 Å². The minimum absolute atomic E-state index is 0.176. The lowest BCUT2D eigenvalue weighted by molar-refractivity contribution is -0.127. The highest BCUT2D eigenvalue weighted by Crippen LogP contribution is 2.33. The second-order valence-electron chi connectivity index (χ2n) is 4.85. The van der Waals surface area contributed by atoms with Gasteiger partial charge in [-0.25, -0.2) is 0 Å². The molecule has 2 nitrogen and oxygen atoms in total. The van der Waals surface area contributed by atoms with E-state index in [9.17, 15) is 4.79 Å². The summed E-state index contributed by atoms with van der Waals surface area (Å²) in [5, 5.41) is 0. The van der Waals surface area contributed by atoms with Crippen LogP contribution in [0.5, 0.6) is 0 Å². The van der Waals surface area contributed by atoms with Gasteiger partial charge in [0.25, 0.3) is 0 Å². The van der Waals surface area contributed by atoms with Crippen LogP contribution in [0.25, 0.3) is 0 Å². The molecule has 0 aromatic heterocycles. The van der Waals surface area contributed by atoms with Gasteiger partial charge in [0.2, 0.25) is 5.91 Å². The van der Waals surface area contributed by atoms with Crippen molar-refractivity contribution >= 4 is 18.5 Å². The first-order valence-corrected chi connectivity index (χ1v) is 5.47. The molecular formula is C10H19NOS. The molecule has 1 unspecified atom stereocenters. The van der Waals surface area contributed by atoms with E-state index in [0.717, 1.165) is 19.5 Å². The van der Waals surface area contributed by atoms with Crippen LogP contribution in [0.4, 0.5) is 0 Å². The summed E-state index contributed by atoms with van der Waals surface area (Å²) in [6.45, 7) is 8.56. The van der Waals surface area contributed by atoms with Crippen LogP contribution in [0, 0.1) is 11.3 Å². The summed E-state index contributed by atoms with van der Waals surface area (Å²) in [7, 11) is 0. The molecule has 0 saturated carbocycles. The second-order valence-corrected chi connectivity index (χ2v) is 5.17. The van der Waals surface area contributed by atoms with Crippen LogP contribution in [0.1, 0.15) is 27.2 Å². The minimum atomic E-state index is 0.176. The summed E-state index contributed by atoms with van der Waals surface area (Å²) < 4.78 is 0. The molecule has 1 amide bonds. The molecule has 13 heavy (non-hydrogen) atoms. The van der Waals surface area contributed by atoms with Crippen molar-refractivity contribution in [2.45, 2.75) is 27.2 Å². The molecule has 3 heteroatoms. The largest absolute Gasteiger partial charge is 0.342 e. The van der Waals surface area contributed by atoms with E-state index in [4.69, 9.17) is 0 Å². The Hall–Kier alpha value is -0.180. The van der Waals surface area contributed by atoms with Gasteiger partial charge in [-0.2, -0.15) is 12.6 Å². The van der Waals surface area contributed by atoms with E-state index < -0.39 is 0 Å². The van der Waals surface area contributed by atoms with Gasteiger partial charge in [0.1, 0.15) is 0 Å². The molecule has 1 atom stereocenters. The van der Waals surface area contributed by atoms with Gasteiger partial charge in [0.15, 0.2) is 0 Å². The number of hydrogen-bond acceptors (Lipinski definition) is 2. The summed E-state index contributed by atoms with van der Waals surface area (Å²) in [6.07, 6.45) is 1.14. The molecule has 0 aliphatic carbocycles. The van der Waals surface area contributed by atoms with E-state index in [2.05, 4.69) is 33.4 Å². The lowest BCUT2D eigenvalue weighted by atomic mass is 9.80. The van der Waals surface area contributed by atoms with E-state index in [1.54, 1.807) is 0 Å². The van der Waals surface area contributed by atoms with Gasteiger partial charge in [0.05, 0.1) is 5.75 Å². The Morgan fingerprint density at radius 1 is 1.54 bits per heavy atom. The fraction of sp³-hybridized carbons (Fsp3) is 0.900. The molecule has 1 rings (SSSR count). The van der Waals surface area contributed by atoms with Gasteiger partial charge in [-0.3, -0.25) is 4.79 Å². The van der Waals surface area contributed by atoms with Crippen molar-refractivity contribution in [3.05, 3.63) is 0 Å². The maximum atomic E-state index is 11.3. The molecule has 0 spiro atoms. The molecule has 1 fully saturated rings. The quantitative estimate of drug-likeness (QED) is 0.642. The third-order valence-corrected chi connectivity index (χ3v) is 3.17. The van der Waals surface area contributed by atoms with Crippen LogP contribution in [0.15, 0.2) is 0 Å². The smallest absolute Gasteiger partial charge is 0.232 e. The number of thiol groups is 1. The Bertz CT molecular complexity index is 198. The predicted octanol–water partition coefficient (Wildman–Crippen LogP) is 1.81. The van der Waals surface area contributed by atoms with Crippen molar-refractivity contribution in [1.29, 1.82) is 0 Å². The number of rotatable bonds is 1. The first-order chi connectivity index (χ1) is 5.95.